The Kier molecular flexibility index (Phi) is 10.1. The highest BCUT2D eigenvalue weighted by molar-refractivity contribution is 5.98. The summed E-state index contributed by atoms with van der Waals surface area (Å²) in [7, 11) is 1.39. The van der Waals surface area contributed by atoms with Crippen LogP contribution in [0.3, 0.4) is 0 Å². The first-order valence-electron chi connectivity index (χ1n) is 12.4. The Labute approximate surface area is 215 Å². The lowest BCUT2D eigenvalue weighted by Gasteiger charge is -2.25. The number of rotatable bonds is 14. The van der Waals surface area contributed by atoms with Gasteiger partial charge in [-0.2, -0.15) is 0 Å². The number of aromatic nitrogens is 1. The second kappa shape index (κ2) is 13.1. The first-order chi connectivity index (χ1) is 17.6. The third kappa shape index (κ3) is 8.59. The number of ketones is 1. The highest BCUT2D eigenvalue weighted by atomic mass is 16.6. The fourth-order valence-corrected chi connectivity index (χ4v) is 3.91. The molecule has 0 bridgehead atoms. The van der Waals surface area contributed by atoms with Crippen molar-refractivity contribution in [1.82, 2.24) is 26.0 Å². The average molecular weight is 524 g/mol. The van der Waals surface area contributed by atoms with Gasteiger partial charge < -0.3 is 34.7 Å². The number of nitrogens with one attached hydrogen (secondary N) is 3. The molecule has 206 valence electrons. The molecule has 13 heteroatoms. The Morgan fingerprint density at radius 1 is 1.16 bits per heavy atom. The topological polar surface area (TPSA) is 165 Å². The van der Waals surface area contributed by atoms with Gasteiger partial charge in [-0.1, -0.05) is 19.0 Å². The molecule has 1 aromatic heterocycles. The first-order valence-corrected chi connectivity index (χ1v) is 12.4. The lowest BCUT2D eigenvalue weighted by molar-refractivity contribution is -0.131. The van der Waals surface area contributed by atoms with Crippen LogP contribution >= 0.6 is 0 Å². The molecule has 2 unspecified atom stereocenters. The Hall–Kier alpha value is -2.87. The second-order valence-electron chi connectivity index (χ2n) is 9.90. The van der Waals surface area contributed by atoms with Crippen LogP contribution in [0.5, 0.6) is 0 Å². The summed E-state index contributed by atoms with van der Waals surface area (Å²) >= 11 is 0. The van der Waals surface area contributed by atoms with E-state index in [4.69, 9.17) is 18.7 Å². The quantitative estimate of drug-likeness (QED) is 0.264. The van der Waals surface area contributed by atoms with Gasteiger partial charge in [0.05, 0.1) is 45.6 Å². The van der Waals surface area contributed by atoms with E-state index in [0.29, 0.717) is 38.5 Å². The zero-order valence-electron chi connectivity index (χ0n) is 21.8. The fraction of sp³-hybridized carbons (Fsp3) is 0.708. The number of carbonyl (C=O) groups is 4. The van der Waals surface area contributed by atoms with Gasteiger partial charge in [0.2, 0.25) is 11.8 Å². The summed E-state index contributed by atoms with van der Waals surface area (Å²) in [6.07, 6.45) is 0.449. The molecule has 0 aliphatic carbocycles. The van der Waals surface area contributed by atoms with Gasteiger partial charge in [-0.05, 0) is 19.3 Å². The fourth-order valence-electron chi connectivity index (χ4n) is 3.91. The number of amides is 3. The normalized spacial score (nSPS) is 21.2. The monoisotopic (exact) mass is 523 g/mol. The van der Waals surface area contributed by atoms with E-state index < -0.39 is 35.4 Å². The van der Waals surface area contributed by atoms with Crippen molar-refractivity contribution in [3.05, 3.63) is 17.5 Å². The van der Waals surface area contributed by atoms with Crippen LogP contribution in [0.25, 0.3) is 0 Å². The van der Waals surface area contributed by atoms with Crippen molar-refractivity contribution in [3.63, 3.8) is 0 Å². The van der Waals surface area contributed by atoms with Crippen molar-refractivity contribution in [3.8, 4) is 0 Å². The van der Waals surface area contributed by atoms with Crippen LogP contribution in [0, 0.1) is 5.92 Å². The number of carbonyl (C=O) groups excluding carboxylic acids is 4. The number of ether oxygens (including phenoxy) is 3. The molecule has 37 heavy (non-hydrogen) atoms. The first kappa shape index (κ1) is 28.7. The molecule has 3 heterocycles. The van der Waals surface area contributed by atoms with Crippen LogP contribution in [-0.2, 0) is 35.1 Å². The van der Waals surface area contributed by atoms with Crippen LogP contribution in [0.4, 0.5) is 0 Å². The van der Waals surface area contributed by atoms with E-state index in [-0.39, 0.29) is 30.5 Å². The van der Waals surface area contributed by atoms with Crippen molar-refractivity contribution in [1.29, 1.82) is 0 Å². The van der Waals surface area contributed by atoms with Gasteiger partial charge in [0.1, 0.15) is 11.6 Å². The lowest BCUT2D eigenvalue weighted by atomic mass is 9.93. The van der Waals surface area contributed by atoms with Crippen LogP contribution in [0.15, 0.2) is 10.6 Å². The predicted molar refractivity (Wildman–Crippen MR) is 129 cm³/mol. The molecular formula is C24H37N5O8. The third-order valence-electron chi connectivity index (χ3n) is 6.11. The summed E-state index contributed by atoms with van der Waals surface area (Å²) < 4.78 is 20.9. The molecule has 13 nitrogen and oxygen atoms in total. The minimum atomic E-state index is -1.07. The molecule has 2 aliphatic rings. The molecule has 3 amide bonds. The predicted octanol–water partition coefficient (Wildman–Crippen LogP) is -0.743. The van der Waals surface area contributed by atoms with E-state index in [1.807, 2.05) is 13.8 Å². The van der Waals surface area contributed by atoms with E-state index in [1.54, 1.807) is 6.92 Å². The smallest absolute Gasteiger partial charge is 0.274 e. The zero-order valence-corrected chi connectivity index (χ0v) is 21.8. The summed E-state index contributed by atoms with van der Waals surface area (Å²) in [5, 5.41) is 11.5. The van der Waals surface area contributed by atoms with Gasteiger partial charge in [0.15, 0.2) is 17.2 Å². The number of hydrogen-bond donors (Lipinski definition) is 3. The summed E-state index contributed by atoms with van der Waals surface area (Å²) in [4.78, 5) is 52.7. The standard InChI is InChI=1S/C24H37N5O8/c1-15(2)9-17(21(31)24(3)14-36-24)26-20(30)11-25-22(32)19(13-34-4)27-23(33)18-10-16(37-28-18)12-29-5-7-35-8-6-29/h10,15,17,19H,5-9,11-14H2,1-4H3,(H,25,32)(H,26,30)(H,27,33)/t17?,19?,24-/m1/s1. The SMILES string of the molecule is COCC(NC(=O)c1cc(CN2CCOCC2)on1)C(=O)NCC(=O)NC(CC(C)C)C(=O)[C@@]1(C)CO1. The number of morpholine rings is 1. The number of Topliss-reactive ketones (excluding diaryl/α,β-unsaturated/α-hetero) is 1. The maximum atomic E-state index is 12.7. The van der Waals surface area contributed by atoms with Gasteiger partial charge in [-0.25, -0.2) is 0 Å². The largest absolute Gasteiger partial charge is 0.382 e. The zero-order chi connectivity index (χ0) is 27.0. The average Bonchev–Trinajstić information content (AvgIpc) is 3.44. The summed E-state index contributed by atoms with van der Waals surface area (Å²) in [6, 6.07) is -0.266. The number of nitrogens with zero attached hydrogens (tertiary/aromatic N) is 2. The van der Waals surface area contributed by atoms with Gasteiger partial charge in [-0.15, -0.1) is 0 Å². The summed E-state index contributed by atoms with van der Waals surface area (Å²) in [5.41, 5.74) is -0.839. The second-order valence-corrected chi connectivity index (χ2v) is 9.90. The molecule has 3 atom stereocenters. The number of epoxide rings is 1. The molecular weight excluding hydrogens is 486 g/mol. The van der Waals surface area contributed by atoms with Gasteiger partial charge in [0, 0.05) is 26.3 Å². The van der Waals surface area contributed by atoms with E-state index in [1.165, 1.54) is 13.2 Å². The van der Waals surface area contributed by atoms with Gasteiger partial charge in [-0.3, -0.25) is 24.1 Å². The summed E-state index contributed by atoms with van der Waals surface area (Å²) in [6.45, 7) is 8.69. The van der Waals surface area contributed by atoms with Crippen LogP contribution in [-0.4, -0.2) is 104 Å². The third-order valence-corrected chi connectivity index (χ3v) is 6.11. The van der Waals surface area contributed by atoms with Crippen LogP contribution < -0.4 is 16.0 Å². The number of methoxy groups -OCH3 is 1. The molecule has 0 aromatic carbocycles. The molecule has 3 rings (SSSR count). The highest BCUT2D eigenvalue weighted by Crippen LogP contribution is 2.29. The number of hydrogen-bond acceptors (Lipinski definition) is 10. The summed E-state index contributed by atoms with van der Waals surface area (Å²) in [5.74, 6) is -1.26. The van der Waals surface area contributed by atoms with Crippen LogP contribution in [0.1, 0.15) is 43.4 Å². The molecule has 1 aromatic rings. The van der Waals surface area contributed by atoms with Gasteiger partial charge >= 0.3 is 0 Å². The molecule has 3 N–H and O–H groups in total. The van der Waals surface area contributed by atoms with Crippen molar-refractivity contribution >= 4 is 23.5 Å². The van der Waals surface area contributed by atoms with E-state index in [2.05, 4.69) is 26.0 Å². The van der Waals surface area contributed by atoms with Crippen molar-refractivity contribution in [2.75, 3.05) is 53.2 Å². The molecule has 0 saturated carbocycles. The Morgan fingerprint density at radius 3 is 2.49 bits per heavy atom. The minimum absolute atomic E-state index is 0.0285. The van der Waals surface area contributed by atoms with E-state index >= 15 is 0 Å². The maximum Gasteiger partial charge on any atom is 0.274 e. The van der Waals surface area contributed by atoms with E-state index in [9.17, 15) is 19.2 Å². The Morgan fingerprint density at radius 2 is 1.86 bits per heavy atom. The minimum Gasteiger partial charge on any atom is -0.382 e. The molecule has 2 aliphatic heterocycles. The Balaban J connectivity index is 1.50. The Bertz CT molecular complexity index is 955. The molecule has 0 spiro atoms. The molecule has 2 fully saturated rings. The van der Waals surface area contributed by atoms with Gasteiger partial charge in [0.25, 0.3) is 5.91 Å². The highest BCUT2D eigenvalue weighted by Gasteiger charge is 2.50. The van der Waals surface area contributed by atoms with Crippen molar-refractivity contribution in [2.45, 2.75) is 51.4 Å². The van der Waals surface area contributed by atoms with E-state index in [0.717, 1.165) is 13.1 Å². The molecule has 0 radical (unpaired) electrons. The van der Waals surface area contributed by atoms with Crippen LogP contribution in [0.2, 0.25) is 0 Å². The van der Waals surface area contributed by atoms with Crippen molar-refractivity contribution in [2.24, 2.45) is 5.92 Å². The van der Waals surface area contributed by atoms with Crippen molar-refractivity contribution < 1.29 is 37.9 Å². The maximum absolute atomic E-state index is 12.7. The lowest BCUT2D eigenvalue weighted by Crippen LogP contribution is -2.53. The molecule has 2 saturated heterocycles.